The fraction of sp³-hybridized carbons (Fsp3) is 0.143. The third kappa shape index (κ3) is 3.28. The van der Waals surface area contributed by atoms with Gasteiger partial charge in [0.2, 0.25) is 0 Å². The zero-order valence-electron chi connectivity index (χ0n) is 14.8. The van der Waals surface area contributed by atoms with Crippen LogP contribution in [-0.4, -0.2) is 9.55 Å². The molecule has 5 heteroatoms. The predicted octanol–water partition coefficient (Wildman–Crippen LogP) is 5.95. The number of aromatic amines is 1. The van der Waals surface area contributed by atoms with Gasteiger partial charge < -0.3 is 4.98 Å². The molecule has 0 bridgehead atoms. The first-order chi connectivity index (χ1) is 12.6. The molecule has 2 heterocycles. The molecule has 3 nitrogen and oxygen atoms in total. The fourth-order valence-corrected chi connectivity index (χ4v) is 4.34. The molecular weight excluding hydrogens is 360 g/mol. The number of aromatic nitrogens is 2. The summed E-state index contributed by atoms with van der Waals surface area (Å²) in [5, 5.41) is 0.654. The molecule has 0 amide bonds. The number of nitrogens with zero attached hydrogens (tertiary/aromatic N) is 1. The van der Waals surface area contributed by atoms with Crippen LogP contribution in [0.3, 0.4) is 0 Å². The molecule has 0 fully saturated rings. The smallest absolute Gasteiger partial charge is 0.268 e. The van der Waals surface area contributed by atoms with Crippen LogP contribution in [-0.2, 0) is 0 Å². The van der Waals surface area contributed by atoms with Crippen LogP contribution in [0.2, 0.25) is 0 Å². The normalized spacial score (nSPS) is 12.2. The minimum atomic E-state index is -0.110. The summed E-state index contributed by atoms with van der Waals surface area (Å²) >= 11 is 7.00. The number of para-hydroxylation sites is 1. The van der Waals surface area contributed by atoms with Crippen molar-refractivity contribution in [1.82, 2.24) is 9.55 Å². The Morgan fingerprint density at radius 3 is 2.73 bits per heavy atom. The topological polar surface area (TPSA) is 37.8 Å². The van der Waals surface area contributed by atoms with E-state index in [9.17, 15) is 4.79 Å². The van der Waals surface area contributed by atoms with Crippen molar-refractivity contribution in [3.05, 3.63) is 86.8 Å². The molecule has 0 unspecified atom stereocenters. The quantitative estimate of drug-likeness (QED) is 0.438. The van der Waals surface area contributed by atoms with Gasteiger partial charge in [-0.05, 0) is 43.3 Å². The van der Waals surface area contributed by atoms with Crippen LogP contribution < -0.4 is 5.56 Å². The Labute approximate surface area is 161 Å². The summed E-state index contributed by atoms with van der Waals surface area (Å²) in [5.74, 6) is 0. The van der Waals surface area contributed by atoms with E-state index in [-0.39, 0.29) is 5.56 Å². The van der Waals surface area contributed by atoms with Crippen molar-refractivity contribution >= 4 is 39.3 Å². The summed E-state index contributed by atoms with van der Waals surface area (Å²) in [7, 11) is 0. The van der Waals surface area contributed by atoms with Gasteiger partial charge in [-0.1, -0.05) is 56.0 Å². The van der Waals surface area contributed by atoms with Crippen molar-refractivity contribution in [2.75, 3.05) is 0 Å². The Morgan fingerprint density at radius 1 is 1.35 bits per heavy atom. The maximum Gasteiger partial charge on any atom is 0.268 e. The highest BCUT2D eigenvalue weighted by molar-refractivity contribution is 7.71. The van der Waals surface area contributed by atoms with Crippen LogP contribution in [0.25, 0.3) is 21.5 Å². The summed E-state index contributed by atoms with van der Waals surface area (Å²) in [6.07, 6.45) is 8.82. The molecule has 0 aliphatic heterocycles. The van der Waals surface area contributed by atoms with Gasteiger partial charge in [0.25, 0.3) is 5.56 Å². The number of allylic oxidation sites excluding steroid dienone is 5. The summed E-state index contributed by atoms with van der Waals surface area (Å²) in [6, 6.07) is 9.46. The average molecular weight is 381 g/mol. The Kier molecular flexibility index (Phi) is 5.49. The molecule has 1 N–H and O–H groups in total. The molecule has 0 saturated carbocycles. The van der Waals surface area contributed by atoms with Gasteiger partial charge in [0.15, 0.2) is 4.77 Å². The van der Waals surface area contributed by atoms with Gasteiger partial charge in [0.05, 0.1) is 11.1 Å². The molecule has 3 aromatic rings. The lowest BCUT2D eigenvalue weighted by molar-refractivity contribution is 0.943. The molecule has 1 aromatic carbocycles. The summed E-state index contributed by atoms with van der Waals surface area (Å²) in [6.45, 7) is 8.04. The van der Waals surface area contributed by atoms with Gasteiger partial charge in [-0.2, -0.15) is 0 Å². The maximum atomic E-state index is 13.3. The Morgan fingerprint density at radius 2 is 2.08 bits per heavy atom. The van der Waals surface area contributed by atoms with Gasteiger partial charge in [-0.3, -0.25) is 9.36 Å². The number of aryl methyl sites for hydroxylation is 1. The number of nitrogens with one attached hydrogen (secondary N) is 1. The zero-order chi connectivity index (χ0) is 18.7. The molecule has 2 aromatic heterocycles. The number of hydrogen-bond donors (Lipinski definition) is 1. The first kappa shape index (κ1) is 18.3. The second kappa shape index (κ2) is 7.81. The molecule has 0 atom stereocenters. The van der Waals surface area contributed by atoms with Gasteiger partial charge in [-0.25, -0.2) is 0 Å². The minimum absolute atomic E-state index is 0.110. The van der Waals surface area contributed by atoms with Crippen LogP contribution in [0.5, 0.6) is 0 Å². The van der Waals surface area contributed by atoms with E-state index >= 15 is 0 Å². The molecular formula is C21H20N2OS2. The van der Waals surface area contributed by atoms with Crippen LogP contribution in [0.1, 0.15) is 23.8 Å². The first-order valence-corrected chi connectivity index (χ1v) is 9.64. The van der Waals surface area contributed by atoms with Gasteiger partial charge in [-0.15, -0.1) is 11.3 Å². The van der Waals surface area contributed by atoms with E-state index in [0.717, 1.165) is 33.0 Å². The van der Waals surface area contributed by atoms with E-state index in [1.165, 1.54) is 0 Å². The molecule has 0 aliphatic carbocycles. The van der Waals surface area contributed by atoms with Crippen LogP contribution in [0.15, 0.2) is 66.0 Å². The maximum absolute atomic E-state index is 13.3. The standard InChI is InChI=1S/C21H20N2OS2/c1-4-6-8-11-15(5-2)17-14(3)26-19-18(17)20(24)23(21(25)22-19)16-12-9-7-10-13-16/h5-13H,2,4H2,1,3H3,(H,22,25)/b8-6-,15-11+. The van der Waals surface area contributed by atoms with Crippen molar-refractivity contribution in [2.45, 2.75) is 20.3 Å². The summed E-state index contributed by atoms with van der Waals surface area (Å²) in [5.41, 5.74) is 2.49. The third-order valence-corrected chi connectivity index (χ3v) is 5.40. The van der Waals surface area contributed by atoms with E-state index in [0.29, 0.717) is 10.2 Å². The molecule has 0 radical (unpaired) electrons. The second-order valence-corrected chi connectivity index (χ2v) is 7.42. The van der Waals surface area contributed by atoms with Crippen molar-refractivity contribution in [3.8, 4) is 5.69 Å². The zero-order valence-corrected chi connectivity index (χ0v) is 16.4. The number of benzene rings is 1. The van der Waals surface area contributed by atoms with Crippen molar-refractivity contribution in [3.63, 3.8) is 0 Å². The highest BCUT2D eigenvalue weighted by Crippen LogP contribution is 2.33. The Bertz CT molecular complexity index is 1130. The fourth-order valence-electron chi connectivity index (χ4n) is 2.91. The minimum Gasteiger partial charge on any atom is -0.323 e. The van der Waals surface area contributed by atoms with E-state index in [1.54, 1.807) is 22.0 Å². The second-order valence-electron chi connectivity index (χ2n) is 5.81. The van der Waals surface area contributed by atoms with Crippen molar-refractivity contribution in [1.29, 1.82) is 0 Å². The number of H-pyrrole nitrogens is 1. The van der Waals surface area contributed by atoms with Gasteiger partial charge in [0, 0.05) is 10.4 Å². The largest absolute Gasteiger partial charge is 0.323 e. The lowest BCUT2D eigenvalue weighted by Gasteiger charge is -2.08. The van der Waals surface area contributed by atoms with E-state index in [1.807, 2.05) is 49.4 Å². The molecule has 0 saturated heterocycles. The highest BCUT2D eigenvalue weighted by atomic mass is 32.1. The monoisotopic (exact) mass is 380 g/mol. The molecule has 3 rings (SSSR count). The SMILES string of the molecule is C=C/C(=C\C=C/CC)c1c(C)sc2[nH]c(=S)n(-c3ccccc3)c(=O)c12. The number of hydrogen-bond acceptors (Lipinski definition) is 3. The molecule has 132 valence electrons. The van der Waals surface area contributed by atoms with E-state index in [4.69, 9.17) is 12.2 Å². The summed E-state index contributed by atoms with van der Waals surface area (Å²) < 4.78 is 1.95. The lowest BCUT2D eigenvalue weighted by atomic mass is 10.0. The van der Waals surface area contributed by atoms with E-state index in [2.05, 4.69) is 24.6 Å². The third-order valence-electron chi connectivity index (χ3n) is 4.10. The lowest BCUT2D eigenvalue weighted by Crippen LogP contribution is -2.20. The van der Waals surface area contributed by atoms with Crippen LogP contribution >= 0.6 is 23.6 Å². The number of rotatable bonds is 5. The molecule has 0 spiro atoms. The summed E-state index contributed by atoms with van der Waals surface area (Å²) in [4.78, 5) is 18.4. The number of thiophene rings is 1. The van der Waals surface area contributed by atoms with Crippen LogP contribution in [0, 0.1) is 11.7 Å². The Balaban J connectivity index is 2.36. The first-order valence-electron chi connectivity index (χ1n) is 8.42. The number of fused-ring (bicyclic) bond motifs is 1. The predicted molar refractivity (Wildman–Crippen MR) is 115 cm³/mol. The van der Waals surface area contributed by atoms with Gasteiger partial charge in [0.1, 0.15) is 4.83 Å². The molecule has 0 aliphatic rings. The van der Waals surface area contributed by atoms with Crippen LogP contribution in [0.4, 0.5) is 0 Å². The van der Waals surface area contributed by atoms with Crippen molar-refractivity contribution in [2.24, 2.45) is 0 Å². The van der Waals surface area contributed by atoms with Gasteiger partial charge >= 0.3 is 0 Å². The highest BCUT2D eigenvalue weighted by Gasteiger charge is 2.18. The average Bonchev–Trinajstić information content (AvgIpc) is 2.96. The van der Waals surface area contributed by atoms with Crippen molar-refractivity contribution < 1.29 is 0 Å². The molecule has 26 heavy (non-hydrogen) atoms. The van der Waals surface area contributed by atoms with E-state index < -0.39 is 0 Å². The Hall–Kier alpha value is -2.50.